The summed E-state index contributed by atoms with van der Waals surface area (Å²) in [4.78, 5) is 4.62. The zero-order valence-corrected chi connectivity index (χ0v) is 20.4. The normalized spacial score (nSPS) is 25.0. The Balaban J connectivity index is 2.79. The number of methoxy groups -OCH3 is 1. The number of aliphatic hydroxyl groups excluding tert-OH is 1. The minimum Gasteiger partial charge on any atom is -0.513 e. The maximum atomic E-state index is 10.1. The molecule has 9 nitrogen and oxygen atoms in total. The molecule has 0 bridgehead atoms. The van der Waals surface area contributed by atoms with Crippen molar-refractivity contribution in [3.05, 3.63) is 24.6 Å². The van der Waals surface area contributed by atoms with Gasteiger partial charge in [0.15, 0.2) is 0 Å². The Kier molecular flexibility index (Phi) is 10.6. The van der Waals surface area contributed by atoms with Crippen molar-refractivity contribution in [3.63, 3.8) is 0 Å². The molecule has 0 aromatic rings. The molecule has 0 radical (unpaired) electrons. The van der Waals surface area contributed by atoms with Crippen LogP contribution < -0.4 is 16.5 Å². The smallest absolute Gasteiger partial charge is 0.235 e. The summed E-state index contributed by atoms with van der Waals surface area (Å²) in [7, 11) is 3.60. The van der Waals surface area contributed by atoms with Gasteiger partial charge in [-0.3, -0.25) is 0 Å². The molecule has 0 aliphatic carbocycles. The fourth-order valence-electron chi connectivity index (χ4n) is 4.44. The number of hydrogen-bond acceptors (Lipinski definition) is 7. The van der Waals surface area contributed by atoms with E-state index in [4.69, 9.17) is 10.5 Å². The summed E-state index contributed by atoms with van der Waals surface area (Å²) in [5.74, 6) is 0.522. The lowest BCUT2D eigenvalue weighted by Gasteiger charge is -2.49. The molecular formula is C22H43N7O2. The van der Waals surface area contributed by atoms with Crippen LogP contribution in [0.2, 0.25) is 0 Å². The Morgan fingerprint density at radius 3 is 2.68 bits per heavy atom. The lowest BCUT2D eigenvalue weighted by Crippen LogP contribution is -2.67. The average Bonchev–Trinajstić information content (AvgIpc) is 2.62. The number of azo groups is 1. The van der Waals surface area contributed by atoms with Gasteiger partial charge in [-0.15, -0.1) is 5.11 Å². The Labute approximate surface area is 187 Å². The molecule has 1 saturated heterocycles. The number of hydrazine groups is 1. The van der Waals surface area contributed by atoms with Gasteiger partial charge in [0.1, 0.15) is 0 Å². The summed E-state index contributed by atoms with van der Waals surface area (Å²) in [5.41, 5.74) is 8.78. The van der Waals surface area contributed by atoms with E-state index in [0.29, 0.717) is 25.1 Å². The first-order valence-corrected chi connectivity index (χ1v) is 11.0. The van der Waals surface area contributed by atoms with Gasteiger partial charge in [-0.2, -0.15) is 5.11 Å². The molecule has 0 saturated carbocycles. The van der Waals surface area contributed by atoms with Crippen LogP contribution in [0.1, 0.15) is 60.3 Å². The quantitative estimate of drug-likeness (QED) is 0.129. The van der Waals surface area contributed by atoms with E-state index in [0.717, 1.165) is 12.8 Å². The van der Waals surface area contributed by atoms with Gasteiger partial charge >= 0.3 is 0 Å². The third-order valence-corrected chi connectivity index (χ3v) is 5.46. The van der Waals surface area contributed by atoms with Crippen molar-refractivity contribution in [1.82, 2.24) is 15.8 Å². The summed E-state index contributed by atoms with van der Waals surface area (Å²) in [6.07, 6.45) is 6.07. The molecule has 1 unspecified atom stereocenters. The maximum absolute atomic E-state index is 10.1. The first-order valence-electron chi connectivity index (χ1n) is 11.0. The number of allylic oxidation sites excluding steroid dienone is 1. The number of nitrogens with two attached hydrogens (primary N) is 1. The molecule has 1 fully saturated rings. The molecule has 1 rings (SSSR count). The van der Waals surface area contributed by atoms with E-state index in [2.05, 4.69) is 60.2 Å². The van der Waals surface area contributed by atoms with Crippen LogP contribution in [0.15, 0.2) is 39.8 Å². The highest BCUT2D eigenvalue weighted by Gasteiger charge is 2.46. The second kappa shape index (κ2) is 12.2. The zero-order chi connectivity index (χ0) is 23.7. The minimum atomic E-state index is -0.244. The van der Waals surface area contributed by atoms with Crippen molar-refractivity contribution in [2.75, 3.05) is 20.7 Å². The van der Waals surface area contributed by atoms with Gasteiger partial charge < -0.3 is 26.3 Å². The van der Waals surface area contributed by atoms with Crippen LogP contribution in [0.3, 0.4) is 0 Å². The van der Waals surface area contributed by atoms with Gasteiger partial charge in [-0.05, 0) is 53.0 Å². The van der Waals surface area contributed by atoms with Crippen molar-refractivity contribution in [1.29, 1.82) is 0 Å². The van der Waals surface area contributed by atoms with Gasteiger partial charge in [0.2, 0.25) is 5.96 Å². The van der Waals surface area contributed by atoms with Crippen molar-refractivity contribution >= 4 is 5.96 Å². The molecule has 1 aliphatic heterocycles. The molecule has 0 aromatic heterocycles. The van der Waals surface area contributed by atoms with E-state index >= 15 is 0 Å². The van der Waals surface area contributed by atoms with Crippen molar-refractivity contribution in [3.8, 4) is 0 Å². The second-order valence-corrected chi connectivity index (χ2v) is 9.31. The van der Waals surface area contributed by atoms with Gasteiger partial charge in [0.25, 0.3) is 0 Å². The summed E-state index contributed by atoms with van der Waals surface area (Å²) in [6.45, 7) is 14.7. The van der Waals surface area contributed by atoms with E-state index in [1.54, 1.807) is 13.3 Å². The molecule has 1 aliphatic rings. The topological polar surface area (TPSA) is 120 Å². The molecule has 0 amide bonds. The Hall–Kier alpha value is -1.97. The van der Waals surface area contributed by atoms with Gasteiger partial charge in [-0.25, -0.2) is 10.0 Å². The summed E-state index contributed by atoms with van der Waals surface area (Å²) in [5, 5.41) is 23.9. The highest BCUT2D eigenvalue weighted by atomic mass is 16.5. The summed E-state index contributed by atoms with van der Waals surface area (Å²) < 4.78 is 5.73. The summed E-state index contributed by atoms with van der Waals surface area (Å²) >= 11 is 0. The number of nitrogens with one attached hydrogen (secondary N) is 2. The van der Waals surface area contributed by atoms with E-state index in [9.17, 15) is 5.11 Å². The number of nitrogens with zero attached hydrogens (tertiary/aromatic N) is 4. The fraction of sp³-hybridized carbons (Fsp3) is 0.773. The molecule has 3 atom stereocenters. The lowest BCUT2D eigenvalue weighted by molar-refractivity contribution is -0.0318. The molecule has 31 heavy (non-hydrogen) atoms. The molecule has 9 heteroatoms. The number of piperidine rings is 1. The van der Waals surface area contributed by atoms with Crippen molar-refractivity contribution < 1.29 is 9.84 Å². The van der Waals surface area contributed by atoms with Crippen LogP contribution in [0, 0.1) is 0 Å². The van der Waals surface area contributed by atoms with E-state index in [-0.39, 0.29) is 35.2 Å². The molecule has 1 heterocycles. The van der Waals surface area contributed by atoms with Crippen LogP contribution >= 0.6 is 0 Å². The Morgan fingerprint density at radius 1 is 1.42 bits per heavy atom. The number of guanidine groups is 1. The number of ether oxygens (including phenoxy) is 1. The number of aliphatic hydroxyl groups is 1. The average molecular weight is 438 g/mol. The molecule has 0 aromatic carbocycles. The molecule has 5 N–H and O–H groups in total. The third-order valence-electron chi connectivity index (χ3n) is 5.46. The van der Waals surface area contributed by atoms with Gasteiger partial charge in [-0.1, -0.05) is 13.5 Å². The standard InChI is InChI=1S/C22H43N7O2/c1-9-11-17(30)14-16(29(7)25-10-2)12-13-24-27-20(23)26-18-15-21(3,4)28-22(5,6)19(18)31-8/h10-11,16,18-19,25,28,30H,2,9,12-15H2,1,3-8H3,(H2,23,26)/b17-11+,27-24?/t16?,18-,19-/m0/s1. The van der Waals surface area contributed by atoms with Gasteiger partial charge in [0.05, 0.1) is 24.4 Å². The molecular weight excluding hydrogens is 394 g/mol. The lowest BCUT2D eigenvalue weighted by atomic mass is 9.77. The van der Waals surface area contributed by atoms with E-state index < -0.39 is 0 Å². The van der Waals surface area contributed by atoms with Gasteiger partial charge in [0, 0.05) is 43.9 Å². The fourth-order valence-corrected chi connectivity index (χ4v) is 4.44. The highest BCUT2D eigenvalue weighted by molar-refractivity contribution is 5.78. The van der Waals surface area contributed by atoms with Crippen molar-refractivity contribution in [2.45, 2.75) is 89.6 Å². The number of hydrogen-bond donors (Lipinski definition) is 4. The minimum absolute atomic E-state index is 0.0294. The van der Waals surface area contributed by atoms with Crippen LogP contribution in [-0.4, -0.2) is 66.0 Å². The summed E-state index contributed by atoms with van der Waals surface area (Å²) in [6, 6.07) is -0.0798. The molecule has 178 valence electrons. The first kappa shape index (κ1) is 27.1. The van der Waals surface area contributed by atoms with E-state index in [1.807, 2.05) is 25.1 Å². The predicted octanol–water partition coefficient (Wildman–Crippen LogP) is 3.27. The van der Waals surface area contributed by atoms with Crippen molar-refractivity contribution in [2.24, 2.45) is 21.0 Å². The predicted molar refractivity (Wildman–Crippen MR) is 127 cm³/mol. The largest absolute Gasteiger partial charge is 0.513 e. The SMILES string of the molecule is C=CNN(C)C(CCN=NC(N)=N[C@H]1CC(C)(C)NC(C)(C)[C@H]1OC)C/C(O)=C\CC. The zero-order valence-electron chi connectivity index (χ0n) is 20.4. The third kappa shape index (κ3) is 8.96. The monoisotopic (exact) mass is 437 g/mol. The molecule has 0 spiro atoms. The van der Waals surface area contributed by atoms with E-state index in [1.165, 1.54) is 0 Å². The Bertz CT molecular complexity index is 658. The Morgan fingerprint density at radius 2 is 2.10 bits per heavy atom. The van der Waals surface area contributed by atoms with Crippen LogP contribution in [0.25, 0.3) is 0 Å². The first-order chi connectivity index (χ1) is 14.5. The van der Waals surface area contributed by atoms with Crippen LogP contribution in [0.5, 0.6) is 0 Å². The van der Waals surface area contributed by atoms with Crippen LogP contribution in [-0.2, 0) is 4.74 Å². The maximum Gasteiger partial charge on any atom is 0.235 e. The number of aliphatic imine (C=N–C) groups is 1. The number of rotatable bonds is 11. The second-order valence-electron chi connectivity index (χ2n) is 9.31. The van der Waals surface area contributed by atoms with Crippen LogP contribution in [0.4, 0.5) is 0 Å². The highest BCUT2D eigenvalue weighted by Crippen LogP contribution is 2.32.